The monoisotopic (exact) mass is 550 g/mol. The Kier molecular flexibility index (Phi) is 7.51. The molecule has 1 aliphatic heterocycles. The number of nitrogens with one attached hydrogen (secondary N) is 3. The van der Waals surface area contributed by atoms with Crippen LogP contribution < -0.4 is 25.8 Å². The van der Waals surface area contributed by atoms with E-state index in [2.05, 4.69) is 47.4 Å². The van der Waals surface area contributed by atoms with E-state index in [1.54, 1.807) is 19.2 Å². The molecule has 3 N–H and O–H groups in total. The average molecular weight is 551 g/mol. The molecule has 0 radical (unpaired) electrons. The van der Waals surface area contributed by atoms with Crippen molar-refractivity contribution >= 4 is 11.7 Å². The number of amides is 2. The minimum Gasteiger partial charge on any atom is -0.496 e. The van der Waals surface area contributed by atoms with E-state index < -0.39 is 0 Å². The van der Waals surface area contributed by atoms with Gasteiger partial charge in [-0.15, -0.1) is 0 Å². The number of allylic oxidation sites excluding steroid dienone is 4. The number of rotatable bonds is 8. The van der Waals surface area contributed by atoms with E-state index in [0.717, 1.165) is 47.5 Å². The SMILES string of the molecule is COc1ccccc1CNC(=O)NC(C[C@H]1CCC2=C1[C@@H](C)C1=CNN(c3ccc(F)cc3)C1=C2)c1ccccc1. The third-order valence-electron chi connectivity index (χ3n) is 8.45. The number of anilines is 1. The molecule has 3 aromatic carbocycles. The number of carbonyl (C=O) groups is 1. The zero-order valence-corrected chi connectivity index (χ0v) is 23.4. The normalized spacial score (nSPS) is 19.9. The van der Waals surface area contributed by atoms with Gasteiger partial charge in [0.05, 0.1) is 24.5 Å². The summed E-state index contributed by atoms with van der Waals surface area (Å²) in [6.45, 7) is 2.65. The van der Waals surface area contributed by atoms with E-state index in [9.17, 15) is 9.18 Å². The third kappa shape index (κ3) is 5.44. The van der Waals surface area contributed by atoms with Crippen molar-refractivity contribution in [2.45, 2.75) is 38.8 Å². The van der Waals surface area contributed by atoms with Crippen molar-refractivity contribution in [3.05, 3.63) is 130 Å². The van der Waals surface area contributed by atoms with Crippen molar-refractivity contribution in [1.29, 1.82) is 0 Å². The highest BCUT2D eigenvalue weighted by Gasteiger charge is 2.39. The molecular weight excluding hydrogens is 515 g/mol. The molecule has 3 aliphatic rings. The van der Waals surface area contributed by atoms with Crippen LogP contribution in [-0.4, -0.2) is 13.1 Å². The molecule has 210 valence electrons. The van der Waals surface area contributed by atoms with Crippen molar-refractivity contribution in [2.24, 2.45) is 11.8 Å². The number of halogens is 1. The number of para-hydroxylation sites is 1. The van der Waals surface area contributed by atoms with E-state index in [4.69, 9.17) is 4.74 Å². The second-order valence-corrected chi connectivity index (χ2v) is 10.8. The Bertz CT molecular complexity index is 1510. The van der Waals surface area contributed by atoms with E-state index in [1.807, 2.05) is 47.5 Å². The molecule has 0 aromatic heterocycles. The minimum atomic E-state index is -0.245. The number of methoxy groups -OCH3 is 1. The number of carbonyl (C=O) groups excluding carboxylic acids is 1. The van der Waals surface area contributed by atoms with E-state index in [0.29, 0.717) is 12.5 Å². The number of nitrogens with zero attached hydrogens (tertiary/aromatic N) is 1. The fourth-order valence-corrected chi connectivity index (χ4v) is 6.44. The Labute approximate surface area is 240 Å². The molecule has 1 heterocycles. The molecule has 6 rings (SSSR count). The summed E-state index contributed by atoms with van der Waals surface area (Å²) in [7, 11) is 1.64. The molecule has 0 bridgehead atoms. The minimum absolute atomic E-state index is 0.130. The fraction of sp³-hybridized carbons (Fsp3) is 0.265. The van der Waals surface area contributed by atoms with E-state index in [1.165, 1.54) is 28.9 Å². The zero-order chi connectivity index (χ0) is 28.3. The lowest BCUT2D eigenvalue weighted by Gasteiger charge is -2.31. The van der Waals surface area contributed by atoms with Gasteiger partial charge in [0.2, 0.25) is 0 Å². The molecule has 3 atom stereocenters. The molecule has 41 heavy (non-hydrogen) atoms. The van der Waals surface area contributed by atoms with Crippen LogP contribution in [0.4, 0.5) is 14.9 Å². The molecule has 2 aliphatic carbocycles. The summed E-state index contributed by atoms with van der Waals surface area (Å²) in [6.07, 6.45) is 7.22. The number of urea groups is 1. The average Bonchev–Trinajstić information content (AvgIpc) is 3.61. The Morgan fingerprint density at radius 2 is 1.83 bits per heavy atom. The van der Waals surface area contributed by atoms with Gasteiger partial charge in [-0.05, 0) is 72.7 Å². The quantitative estimate of drug-likeness (QED) is 0.285. The molecule has 7 heteroatoms. The Hall–Kier alpha value is -4.52. The summed E-state index contributed by atoms with van der Waals surface area (Å²) >= 11 is 0. The van der Waals surface area contributed by atoms with Crippen LogP contribution >= 0.6 is 0 Å². The summed E-state index contributed by atoms with van der Waals surface area (Å²) in [5, 5.41) is 8.31. The predicted molar refractivity (Wildman–Crippen MR) is 159 cm³/mol. The van der Waals surface area contributed by atoms with Crippen molar-refractivity contribution in [3.63, 3.8) is 0 Å². The van der Waals surface area contributed by atoms with Gasteiger partial charge in [0, 0.05) is 29.8 Å². The maximum absolute atomic E-state index is 13.5. The molecule has 0 fully saturated rings. The summed E-state index contributed by atoms with van der Waals surface area (Å²) in [5.41, 5.74) is 11.5. The summed E-state index contributed by atoms with van der Waals surface area (Å²) < 4.78 is 19.0. The number of hydrazine groups is 1. The summed E-state index contributed by atoms with van der Waals surface area (Å²) in [6, 6.07) is 24.1. The summed E-state index contributed by atoms with van der Waals surface area (Å²) in [4.78, 5) is 13.1. The first-order chi connectivity index (χ1) is 20.0. The predicted octanol–water partition coefficient (Wildman–Crippen LogP) is 6.91. The van der Waals surface area contributed by atoms with Gasteiger partial charge in [0.1, 0.15) is 11.6 Å². The number of hydrogen-bond acceptors (Lipinski definition) is 4. The molecular formula is C34H35FN4O2. The third-order valence-corrected chi connectivity index (χ3v) is 8.45. The molecule has 1 unspecified atom stereocenters. The van der Waals surface area contributed by atoms with Crippen molar-refractivity contribution in [1.82, 2.24) is 16.1 Å². The lowest BCUT2D eigenvalue weighted by molar-refractivity contribution is 0.234. The van der Waals surface area contributed by atoms with Gasteiger partial charge in [-0.25, -0.2) is 9.18 Å². The van der Waals surface area contributed by atoms with Crippen LogP contribution in [0, 0.1) is 17.7 Å². The highest BCUT2D eigenvalue weighted by Crippen LogP contribution is 2.49. The van der Waals surface area contributed by atoms with Crippen LogP contribution in [0.1, 0.15) is 43.4 Å². The van der Waals surface area contributed by atoms with Crippen LogP contribution in [-0.2, 0) is 6.54 Å². The highest BCUT2D eigenvalue weighted by atomic mass is 19.1. The molecule has 6 nitrogen and oxygen atoms in total. The van der Waals surface area contributed by atoms with Crippen molar-refractivity contribution in [3.8, 4) is 5.75 Å². The van der Waals surface area contributed by atoms with Gasteiger partial charge in [0.15, 0.2) is 0 Å². The maximum Gasteiger partial charge on any atom is 0.315 e. The van der Waals surface area contributed by atoms with Gasteiger partial charge in [-0.2, -0.15) is 0 Å². The first-order valence-electron chi connectivity index (χ1n) is 14.2. The summed E-state index contributed by atoms with van der Waals surface area (Å²) in [5.74, 6) is 1.10. The smallest absolute Gasteiger partial charge is 0.315 e. The van der Waals surface area contributed by atoms with Crippen molar-refractivity contribution < 1.29 is 13.9 Å². The topological polar surface area (TPSA) is 65.6 Å². The highest BCUT2D eigenvalue weighted by molar-refractivity contribution is 5.74. The van der Waals surface area contributed by atoms with Crippen LogP contribution in [0.15, 0.2) is 114 Å². The Morgan fingerprint density at radius 3 is 2.61 bits per heavy atom. The van der Waals surface area contributed by atoms with Gasteiger partial charge >= 0.3 is 6.03 Å². The van der Waals surface area contributed by atoms with E-state index in [-0.39, 0.29) is 23.8 Å². The Morgan fingerprint density at radius 1 is 1.07 bits per heavy atom. The van der Waals surface area contributed by atoms with Gasteiger partial charge in [-0.3, -0.25) is 5.01 Å². The van der Waals surface area contributed by atoms with Crippen molar-refractivity contribution in [2.75, 3.05) is 12.1 Å². The largest absolute Gasteiger partial charge is 0.496 e. The lowest BCUT2D eigenvalue weighted by atomic mass is 9.78. The van der Waals surface area contributed by atoms with Gasteiger partial charge < -0.3 is 20.8 Å². The van der Waals surface area contributed by atoms with Crippen LogP contribution in [0.5, 0.6) is 5.75 Å². The molecule has 3 aromatic rings. The van der Waals surface area contributed by atoms with E-state index >= 15 is 0 Å². The molecule has 0 saturated carbocycles. The second kappa shape index (κ2) is 11.5. The standard InChI is InChI=1S/C34H35FN4O2/c1-22-29-21-37-39(28-16-14-27(35)15-17-28)31(29)19-25-13-12-24(33(22)25)18-30(23-8-4-3-5-9-23)38-34(40)36-20-26-10-6-7-11-32(26)41-2/h3-11,14-17,19,21-22,24,30,37H,12-13,18,20H2,1-2H3,(H2,36,38,40)/t22-,24+,30?/m0/s1. The van der Waals surface area contributed by atoms with Gasteiger partial charge in [0.25, 0.3) is 0 Å². The van der Waals surface area contributed by atoms with Crippen LogP contribution in [0.25, 0.3) is 0 Å². The lowest BCUT2D eigenvalue weighted by Crippen LogP contribution is -2.38. The number of ether oxygens (including phenoxy) is 1. The molecule has 2 amide bonds. The molecule has 0 saturated heterocycles. The molecule has 0 spiro atoms. The number of hydrogen-bond donors (Lipinski definition) is 3. The first-order valence-corrected chi connectivity index (χ1v) is 14.2. The maximum atomic E-state index is 13.5. The number of benzene rings is 3. The number of fused-ring (bicyclic) bond motifs is 1. The second-order valence-electron chi connectivity index (χ2n) is 10.8. The van der Waals surface area contributed by atoms with Crippen LogP contribution in [0.3, 0.4) is 0 Å². The zero-order valence-electron chi connectivity index (χ0n) is 23.4. The van der Waals surface area contributed by atoms with Crippen LogP contribution in [0.2, 0.25) is 0 Å². The van der Waals surface area contributed by atoms with Gasteiger partial charge in [-0.1, -0.05) is 61.0 Å². The first kappa shape index (κ1) is 26.7. The fourth-order valence-electron chi connectivity index (χ4n) is 6.44. The Balaban J connectivity index is 1.20.